The van der Waals surface area contributed by atoms with E-state index in [2.05, 4.69) is 10.3 Å². The number of nitrogens with zero attached hydrogens (tertiary/aromatic N) is 1. The maximum Gasteiger partial charge on any atom is 0.250 e. The van der Waals surface area contributed by atoms with Gasteiger partial charge < -0.3 is 5.73 Å². The summed E-state index contributed by atoms with van der Waals surface area (Å²) in [5.74, 6) is -0.211. The van der Waals surface area contributed by atoms with E-state index in [-0.39, 0.29) is 5.91 Å². The van der Waals surface area contributed by atoms with Gasteiger partial charge in [0, 0.05) is 22.7 Å². The molecule has 0 fully saturated rings. The molecule has 1 amide bonds. The van der Waals surface area contributed by atoms with Crippen molar-refractivity contribution in [3.8, 4) is 11.3 Å². The Kier molecular flexibility index (Phi) is 4.72. The van der Waals surface area contributed by atoms with E-state index in [0.717, 1.165) is 16.8 Å². The van der Waals surface area contributed by atoms with Crippen LogP contribution in [-0.4, -0.2) is 10.9 Å². The molecule has 3 aromatic rings. The largest absolute Gasteiger partial charge is 0.399 e. The highest BCUT2D eigenvalue weighted by molar-refractivity contribution is 7.14. The van der Waals surface area contributed by atoms with Gasteiger partial charge in [-0.25, -0.2) is 4.98 Å². The second kappa shape index (κ2) is 7.10. The molecule has 1 heterocycles. The monoisotopic (exact) mass is 335 g/mol. The van der Waals surface area contributed by atoms with E-state index >= 15 is 0 Å². The Hall–Kier alpha value is -2.92. The number of hydrogen-bond acceptors (Lipinski definition) is 4. The third-order valence-corrected chi connectivity index (χ3v) is 4.20. The number of nitrogens with two attached hydrogens (primary N) is 1. The molecule has 0 atom stereocenters. The molecule has 4 nitrogen and oxygen atoms in total. The number of carbonyl (C=O) groups is 1. The molecule has 120 valence electrons. The number of aryl methyl sites for hydroxylation is 1. The van der Waals surface area contributed by atoms with Gasteiger partial charge in [0.15, 0.2) is 5.13 Å². The zero-order chi connectivity index (χ0) is 16.9. The molecule has 3 N–H and O–H groups in total. The van der Waals surface area contributed by atoms with Crippen molar-refractivity contribution in [2.75, 3.05) is 11.1 Å². The molecule has 3 rings (SSSR count). The molecular formula is C19H17N3OS. The predicted molar refractivity (Wildman–Crippen MR) is 101 cm³/mol. The minimum Gasteiger partial charge on any atom is -0.399 e. The number of amides is 1. The Labute approximate surface area is 144 Å². The van der Waals surface area contributed by atoms with Crippen LogP contribution in [0.3, 0.4) is 0 Å². The summed E-state index contributed by atoms with van der Waals surface area (Å²) >= 11 is 1.41. The number of benzene rings is 2. The molecule has 0 spiro atoms. The summed E-state index contributed by atoms with van der Waals surface area (Å²) in [5.41, 5.74) is 10.3. The van der Waals surface area contributed by atoms with Crippen molar-refractivity contribution >= 4 is 34.1 Å². The van der Waals surface area contributed by atoms with E-state index in [0.29, 0.717) is 10.8 Å². The van der Waals surface area contributed by atoms with Crippen molar-refractivity contribution in [2.24, 2.45) is 0 Å². The molecule has 0 radical (unpaired) electrons. The fourth-order valence-electron chi connectivity index (χ4n) is 2.11. The minimum atomic E-state index is -0.211. The lowest BCUT2D eigenvalue weighted by Crippen LogP contribution is -2.07. The number of rotatable bonds is 4. The number of thiazole rings is 1. The molecule has 0 saturated carbocycles. The molecule has 2 aromatic carbocycles. The van der Waals surface area contributed by atoms with Crippen molar-refractivity contribution in [2.45, 2.75) is 6.92 Å². The normalized spacial score (nSPS) is 10.9. The van der Waals surface area contributed by atoms with Crippen molar-refractivity contribution in [3.63, 3.8) is 0 Å². The van der Waals surface area contributed by atoms with E-state index in [4.69, 9.17) is 5.73 Å². The lowest BCUT2D eigenvalue weighted by molar-refractivity contribution is -0.111. The summed E-state index contributed by atoms with van der Waals surface area (Å²) in [6.45, 7) is 2.05. The zero-order valence-corrected chi connectivity index (χ0v) is 14.0. The van der Waals surface area contributed by atoms with Gasteiger partial charge in [0.2, 0.25) is 5.91 Å². The van der Waals surface area contributed by atoms with Crippen LogP contribution in [0.25, 0.3) is 17.3 Å². The topological polar surface area (TPSA) is 68.0 Å². The average Bonchev–Trinajstić information content (AvgIpc) is 3.03. The minimum absolute atomic E-state index is 0.211. The standard InChI is InChI=1S/C19H17N3OS/c1-13-2-7-15(8-3-13)17-12-24-19(21-17)22-18(23)11-6-14-4-9-16(20)10-5-14/h2-12H,20H2,1H3,(H,21,22,23)/b11-6+. The third-order valence-electron chi connectivity index (χ3n) is 3.45. The maximum atomic E-state index is 12.0. The molecule has 0 aliphatic carbocycles. The first-order valence-electron chi connectivity index (χ1n) is 7.47. The molecule has 0 aliphatic rings. The fourth-order valence-corrected chi connectivity index (χ4v) is 2.84. The lowest BCUT2D eigenvalue weighted by atomic mass is 10.1. The number of nitrogens with one attached hydrogen (secondary N) is 1. The van der Waals surface area contributed by atoms with Crippen LogP contribution in [0.4, 0.5) is 10.8 Å². The third kappa shape index (κ3) is 4.08. The van der Waals surface area contributed by atoms with Gasteiger partial charge in [-0.1, -0.05) is 42.0 Å². The van der Waals surface area contributed by atoms with E-state index in [1.54, 1.807) is 18.2 Å². The predicted octanol–water partition coefficient (Wildman–Crippen LogP) is 4.35. The highest BCUT2D eigenvalue weighted by atomic mass is 32.1. The van der Waals surface area contributed by atoms with Crippen LogP contribution in [0.15, 0.2) is 60.0 Å². The summed E-state index contributed by atoms with van der Waals surface area (Å²) in [6, 6.07) is 15.5. The number of hydrogen-bond donors (Lipinski definition) is 2. The Morgan fingerprint density at radius 2 is 1.83 bits per heavy atom. The van der Waals surface area contributed by atoms with Crippen LogP contribution in [-0.2, 0) is 4.79 Å². The Morgan fingerprint density at radius 3 is 2.54 bits per heavy atom. The van der Waals surface area contributed by atoms with Crippen LogP contribution < -0.4 is 11.1 Å². The fraction of sp³-hybridized carbons (Fsp3) is 0.0526. The average molecular weight is 335 g/mol. The van der Waals surface area contributed by atoms with Crippen LogP contribution in [0, 0.1) is 6.92 Å². The molecular weight excluding hydrogens is 318 g/mol. The first-order valence-corrected chi connectivity index (χ1v) is 8.35. The van der Waals surface area contributed by atoms with Crippen LogP contribution in [0.1, 0.15) is 11.1 Å². The van der Waals surface area contributed by atoms with Crippen molar-refractivity contribution in [1.82, 2.24) is 4.98 Å². The van der Waals surface area contributed by atoms with Gasteiger partial charge >= 0.3 is 0 Å². The summed E-state index contributed by atoms with van der Waals surface area (Å²) < 4.78 is 0. The molecule has 0 aliphatic heterocycles. The highest BCUT2D eigenvalue weighted by Crippen LogP contribution is 2.25. The molecule has 0 unspecified atom stereocenters. The van der Waals surface area contributed by atoms with Crippen LogP contribution in [0.5, 0.6) is 0 Å². The first-order chi connectivity index (χ1) is 11.6. The number of aromatic nitrogens is 1. The molecule has 5 heteroatoms. The summed E-state index contributed by atoms with van der Waals surface area (Å²) in [5, 5.41) is 5.30. The molecule has 1 aromatic heterocycles. The number of nitrogen functional groups attached to an aromatic ring is 1. The maximum absolute atomic E-state index is 12.0. The number of anilines is 2. The summed E-state index contributed by atoms with van der Waals surface area (Å²) in [7, 11) is 0. The Balaban J connectivity index is 1.64. The van der Waals surface area contributed by atoms with Gasteiger partial charge in [0.05, 0.1) is 5.69 Å². The van der Waals surface area contributed by atoms with Gasteiger partial charge in [0.1, 0.15) is 0 Å². The molecule has 24 heavy (non-hydrogen) atoms. The van der Waals surface area contributed by atoms with Crippen LogP contribution >= 0.6 is 11.3 Å². The van der Waals surface area contributed by atoms with Gasteiger partial charge in [-0.3, -0.25) is 10.1 Å². The number of carbonyl (C=O) groups excluding carboxylic acids is 1. The summed E-state index contributed by atoms with van der Waals surface area (Å²) in [6.07, 6.45) is 3.22. The van der Waals surface area contributed by atoms with E-state index < -0.39 is 0 Å². The van der Waals surface area contributed by atoms with Crippen LogP contribution in [0.2, 0.25) is 0 Å². The van der Waals surface area contributed by atoms with E-state index in [1.807, 2.05) is 48.7 Å². The highest BCUT2D eigenvalue weighted by Gasteiger charge is 2.06. The van der Waals surface area contributed by atoms with Crippen molar-refractivity contribution < 1.29 is 4.79 Å². The van der Waals surface area contributed by atoms with Gasteiger partial charge in [-0.15, -0.1) is 11.3 Å². The molecule has 0 bridgehead atoms. The quantitative estimate of drug-likeness (QED) is 0.550. The van der Waals surface area contributed by atoms with E-state index in [9.17, 15) is 4.79 Å². The lowest BCUT2D eigenvalue weighted by Gasteiger charge is -1.98. The second-order valence-corrected chi connectivity index (χ2v) is 6.25. The Bertz CT molecular complexity index is 864. The first kappa shape index (κ1) is 16.0. The Morgan fingerprint density at radius 1 is 1.12 bits per heavy atom. The van der Waals surface area contributed by atoms with Crippen molar-refractivity contribution in [3.05, 3.63) is 71.1 Å². The van der Waals surface area contributed by atoms with Crippen molar-refractivity contribution in [1.29, 1.82) is 0 Å². The molecule has 0 saturated heterocycles. The smallest absolute Gasteiger partial charge is 0.250 e. The zero-order valence-electron chi connectivity index (χ0n) is 13.2. The van der Waals surface area contributed by atoms with Gasteiger partial charge in [0.25, 0.3) is 0 Å². The SMILES string of the molecule is Cc1ccc(-c2csc(NC(=O)/C=C/c3ccc(N)cc3)n2)cc1. The van der Waals surface area contributed by atoms with Gasteiger partial charge in [-0.2, -0.15) is 0 Å². The van der Waals surface area contributed by atoms with E-state index in [1.165, 1.54) is 23.0 Å². The second-order valence-electron chi connectivity index (χ2n) is 5.39. The van der Waals surface area contributed by atoms with Gasteiger partial charge in [-0.05, 0) is 30.7 Å². The summed E-state index contributed by atoms with van der Waals surface area (Å²) in [4.78, 5) is 16.4.